The van der Waals surface area contributed by atoms with Gasteiger partial charge >= 0.3 is 5.97 Å². The lowest BCUT2D eigenvalue weighted by molar-refractivity contribution is -0.139. The smallest absolute Gasteiger partial charge is 0.321 e. The minimum Gasteiger partial charge on any atom is -0.480 e. The number of halogens is 1. The zero-order valence-corrected chi connectivity index (χ0v) is 16.6. The summed E-state index contributed by atoms with van der Waals surface area (Å²) in [6.45, 7) is 6.38. The van der Waals surface area contributed by atoms with Gasteiger partial charge in [0, 0.05) is 29.4 Å². The average molecular weight is 388 g/mol. The highest BCUT2D eigenvalue weighted by Gasteiger charge is 2.57. The van der Waals surface area contributed by atoms with Crippen LogP contribution in [0.3, 0.4) is 0 Å². The van der Waals surface area contributed by atoms with E-state index in [1.54, 1.807) is 24.5 Å². The topological polar surface area (TPSA) is 88.2 Å². The first-order chi connectivity index (χ1) is 12.6. The molecule has 0 saturated carbocycles. The third kappa shape index (κ3) is 3.86. The average Bonchev–Trinajstić information content (AvgIpc) is 2.88. The lowest BCUT2D eigenvalue weighted by Gasteiger charge is -2.39. The van der Waals surface area contributed by atoms with Crippen molar-refractivity contribution >= 4 is 17.6 Å². The Balaban J connectivity index is 2.19. The first-order valence-corrected chi connectivity index (χ1v) is 9.44. The maximum Gasteiger partial charge on any atom is 0.321 e. The van der Waals surface area contributed by atoms with Gasteiger partial charge in [-0.1, -0.05) is 50.6 Å². The Kier molecular flexibility index (Phi) is 5.30. The van der Waals surface area contributed by atoms with E-state index >= 15 is 0 Å². The number of aliphatic carboxylic acids is 1. The van der Waals surface area contributed by atoms with E-state index in [1.165, 1.54) is 0 Å². The number of pyridine rings is 1. The molecule has 0 amide bonds. The number of carboxylic acids is 1. The SMILES string of the molecule is CC(C)(C)CC1NC(C(=O)O)C(c2cccc(Cl)c2)C1(N)c1cccnc1. The highest BCUT2D eigenvalue weighted by Crippen LogP contribution is 2.48. The second-order valence-corrected chi connectivity index (χ2v) is 8.94. The molecule has 5 nitrogen and oxygen atoms in total. The van der Waals surface area contributed by atoms with Crippen molar-refractivity contribution in [2.45, 2.75) is 50.7 Å². The Morgan fingerprint density at radius 1 is 1.33 bits per heavy atom. The third-order valence-electron chi connectivity index (χ3n) is 5.26. The Hall–Kier alpha value is -1.95. The third-order valence-corrected chi connectivity index (χ3v) is 5.49. The number of aromatic nitrogens is 1. The number of nitrogens with zero attached hydrogens (tertiary/aromatic N) is 1. The van der Waals surface area contributed by atoms with Gasteiger partial charge in [0.15, 0.2) is 0 Å². The number of benzene rings is 1. The molecule has 6 heteroatoms. The second-order valence-electron chi connectivity index (χ2n) is 8.51. The summed E-state index contributed by atoms with van der Waals surface area (Å²) in [5.74, 6) is -1.40. The summed E-state index contributed by atoms with van der Waals surface area (Å²) in [6, 6.07) is 10.0. The van der Waals surface area contributed by atoms with E-state index in [0.717, 1.165) is 17.5 Å². The number of rotatable bonds is 4. The molecule has 4 atom stereocenters. The van der Waals surface area contributed by atoms with E-state index in [0.29, 0.717) is 5.02 Å². The van der Waals surface area contributed by atoms with Crippen LogP contribution in [0.5, 0.6) is 0 Å². The number of nitrogens with two attached hydrogens (primary N) is 1. The Morgan fingerprint density at radius 3 is 2.63 bits per heavy atom. The maximum atomic E-state index is 12.1. The van der Waals surface area contributed by atoms with Crippen molar-refractivity contribution in [1.82, 2.24) is 10.3 Å². The first-order valence-electron chi connectivity index (χ1n) is 9.06. The quantitative estimate of drug-likeness (QED) is 0.746. The van der Waals surface area contributed by atoms with Crippen molar-refractivity contribution in [3.63, 3.8) is 0 Å². The maximum absolute atomic E-state index is 12.1. The van der Waals surface area contributed by atoms with Gasteiger partial charge in [0.1, 0.15) is 6.04 Å². The van der Waals surface area contributed by atoms with Gasteiger partial charge < -0.3 is 10.8 Å². The summed E-state index contributed by atoms with van der Waals surface area (Å²) in [6.07, 6.45) is 4.15. The molecular weight excluding hydrogens is 362 g/mol. The summed E-state index contributed by atoms with van der Waals surface area (Å²) >= 11 is 6.21. The Bertz CT molecular complexity index is 822. The number of hydrogen-bond acceptors (Lipinski definition) is 4. The molecule has 1 aromatic heterocycles. The highest BCUT2D eigenvalue weighted by atomic mass is 35.5. The van der Waals surface area contributed by atoms with Gasteiger partial charge in [0.05, 0.1) is 5.54 Å². The molecule has 2 aromatic rings. The molecule has 144 valence electrons. The monoisotopic (exact) mass is 387 g/mol. The molecule has 0 spiro atoms. The van der Waals surface area contributed by atoms with E-state index in [1.807, 2.05) is 24.3 Å². The van der Waals surface area contributed by atoms with E-state index in [-0.39, 0.29) is 11.5 Å². The fraction of sp³-hybridized carbons (Fsp3) is 0.429. The largest absolute Gasteiger partial charge is 0.480 e. The highest BCUT2D eigenvalue weighted by molar-refractivity contribution is 6.30. The van der Waals surface area contributed by atoms with Crippen molar-refractivity contribution < 1.29 is 9.90 Å². The predicted molar refractivity (Wildman–Crippen MR) is 107 cm³/mol. The zero-order valence-electron chi connectivity index (χ0n) is 15.8. The lowest BCUT2D eigenvalue weighted by Crippen LogP contribution is -2.51. The van der Waals surface area contributed by atoms with Crippen LogP contribution in [0.4, 0.5) is 0 Å². The summed E-state index contributed by atoms with van der Waals surface area (Å²) in [4.78, 5) is 16.4. The molecule has 1 saturated heterocycles. The summed E-state index contributed by atoms with van der Waals surface area (Å²) in [5.41, 5.74) is 7.74. The summed E-state index contributed by atoms with van der Waals surface area (Å²) in [5, 5.41) is 13.8. The van der Waals surface area contributed by atoms with Crippen LogP contribution in [0.1, 0.15) is 44.2 Å². The van der Waals surface area contributed by atoms with Crippen LogP contribution in [0.15, 0.2) is 48.8 Å². The van der Waals surface area contributed by atoms with Gasteiger partial charge in [-0.05, 0) is 41.2 Å². The van der Waals surface area contributed by atoms with Gasteiger partial charge in [0.25, 0.3) is 0 Å². The van der Waals surface area contributed by atoms with Crippen molar-refractivity contribution in [1.29, 1.82) is 0 Å². The van der Waals surface area contributed by atoms with Crippen LogP contribution in [0.2, 0.25) is 5.02 Å². The van der Waals surface area contributed by atoms with E-state index in [2.05, 4.69) is 31.1 Å². The molecule has 1 aliphatic heterocycles. The summed E-state index contributed by atoms with van der Waals surface area (Å²) in [7, 11) is 0. The van der Waals surface area contributed by atoms with Crippen LogP contribution in [-0.4, -0.2) is 28.1 Å². The van der Waals surface area contributed by atoms with Gasteiger partial charge in [-0.2, -0.15) is 0 Å². The first kappa shape index (κ1) is 19.8. The van der Waals surface area contributed by atoms with Gasteiger partial charge in [-0.3, -0.25) is 15.1 Å². The van der Waals surface area contributed by atoms with Crippen LogP contribution in [0.25, 0.3) is 0 Å². The van der Waals surface area contributed by atoms with Crippen molar-refractivity contribution in [2.24, 2.45) is 11.1 Å². The van der Waals surface area contributed by atoms with Crippen molar-refractivity contribution in [3.05, 3.63) is 64.9 Å². The van der Waals surface area contributed by atoms with Crippen LogP contribution in [0, 0.1) is 5.41 Å². The Morgan fingerprint density at radius 2 is 2.07 bits per heavy atom. The minimum absolute atomic E-state index is 0.0310. The standard InChI is InChI=1S/C21H26ClN3O2/c1-20(2,3)11-16-21(23,14-7-5-9-24-12-14)17(18(25-16)19(26)27)13-6-4-8-15(22)10-13/h4-10,12,16-18,25H,11,23H2,1-3H3,(H,26,27). The molecule has 27 heavy (non-hydrogen) atoms. The summed E-state index contributed by atoms with van der Waals surface area (Å²) < 4.78 is 0. The molecule has 0 radical (unpaired) electrons. The van der Waals surface area contributed by atoms with E-state index in [9.17, 15) is 9.90 Å². The molecule has 1 aliphatic rings. The number of hydrogen-bond donors (Lipinski definition) is 3. The lowest BCUT2D eigenvalue weighted by atomic mass is 9.69. The van der Waals surface area contributed by atoms with Gasteiger partial charge in [0.2, 0.25) is 0 Å². The van der Waals surface area contributed by atoms with E-state index < -0.39 is 23.5 Å². The van der Waals surface area contributed by atoms with Crippen molar-refractivity contribution in [2.75, 3.05) is 0 Å². The minimum atomic E-state index is -0.935. The molecule has 1 aromatic carbocycles. The number of carbonyl (C=O) groups is 1. The second kappa shape index (κ2) is 7.23. The Labute approximate surface area is 165 Å². The van der Waals surface area contributed by atoms with E-state index in [4.69, 9.17) is 17.3 Å². The number of carboxylic acid groups (broad SMARTS) is 1. The molecule has 2 heterocycles. The fourth-order valence-corrected chi connectivity index (χ4v) is 4.36. The van der Waals surface area contributed by atoms with Crippen molar-refractivity contribution in [3.8, 4) is 0 Å². The van der Waals surface area contributed by atoms with Crippen LogP contribution >= 0.6 is 11.6 Å². The zero-order chi connectivity index (χ0) is 19.8. The number of nitrogens with one attached hydrogen (secondary N) is 1. The normalized spacial score (nSPS) is 28.3. The predicted octanol–water partition coefficient (Wildman–Crippen LogP) is 3.53. The fourth-order valence-electron chi connectivity index (χ4n) is 4.17. The van der Waals surface area contributed by atoms with Crippen LogP contribution < -0.4 is 11.1 Å². The molecule has 4 N–H and O–H groups in total. The molecule has 0 bridgehead atoms. The van der Waals surface area contributed by atoms with Gasteiger partial charge in [-0.15, -0.1) is 0 Å². The molecule has 1 fully saturated rings. The van der Waals surface area contributed by atoms with Crippen LogP contribution in [-0.2, 0) is 10.3 Å². The molecule has 0 aliphatic carbocycles. The molecule has 4 unspecified atom stereocenters. The van der Waals surface area contributed by atoms with Gasteiger partial charge in [-0.25, -0.2) is 0 Å². The molecule has 3 rings (SSSR count). The molecular formula is C21H26ClN3O2.